The van der Waals surface area contributed by atoms with E-state index in [9.17, 15) is 9.59 Å². The lowest BCUT2D eigenvalue weighted by atomic mass is 10.0. The van der Waals surface area contributed by atoms with Crippen molar-refractivity contribution in [1.29, 1.82) is 0 Å². The van der Waals surface area contributed by atoms with Crippen molar-refractivity contribution in [2.24, 2.45) is 0 Å². The van der Waals surface area contributed by atoms with E-state index in [4.69, 9.17) is 4.74 Å². The van der Waals surface area contributed by atoms with E-state index < -0.39 is 0 Å². The maximum Gasteiger partial charge on any atom is 0.256 e. The summed E-state index contributed by atoms with van der Waals surface area (Å²) in [5, 5.41) is 5.78. The van der Waals surface area contributed by atoms with Crippen molar-refractivity contribution in [1.82, 2.24) is 5.32 Å². The number of carbonyl (C=O) groups is 2. The van der Waals surface area contributed by atoms with Gasteiger partial charge in [0.1, 0.15) is 0 Å². The molecule has 0 saturated heterocycles. The third-order valence-electron chi connectivity index (χ3n) is 4.67. The molecule has 5 heteroatoms. The van der Waals surface area contributed by atoms with Gasteiger partial charge in [-0.25, -0.2) is 0 Å². The monoisotopic (exact) mass is 414 g/mol. The molecule has 3 rings (SSSR count). The van der Waals surface area contributed by atoms with Crippen LogP contribution in [0.5, 0.6) is 0 Å². The van der Waals surface area contributed by atoms with Crippen molar-refractivity contribution < 1.29 is 14.3 Å². The van der Waals surface area contributed by atoms with Crippen LogP contribution in [0.25, 0.3) is 11.6 Å². The van der Waals surface area contributed by atoms with Gasteiger partial charge in [0.05, 0.1) is 11.3 Å². The maximum absolute atomic E-state index is 13.3. The third kappa shape index (κ3) is 6.39. The number of para-hydroxylation sites is 1. The fourth-order valence-corrected chi connectivity index (χ4v) is 3.11. The Labute approximate surface area is 182 Å². The summed E-state index contributed by atoms with van der Waals surface area (Å²) in [4.78, 5) is 25.9. The molecule has 3 aromatic carbocycles. The van der Waals surface area contributed by atoms with Gasteiger partial charge in [0.2, 0.25) is 0 Å². The number of hydrogen-bond acceptors (Lipinski definition) is 3. The van der Waals surface area contributed by atoms with E-state index in [1.807, 2.05) is 66.7 Å². The highest BCUT2D eigenvalue weighted by Gasteiger charge is 2.16. The van der Waals surface area contributed by atoms with Crippen LogP contribution in [0.15, 0.2) is 84.9 Å². The van der Waals surface area contributed by atoms with Crippen molar-refractivity contribution in [3.63, 3.8) is 0 Å². The molecule has 0 aliphatic heterocycles. The van der Waals surface area contributed by atoms with E-state index in [-0.39, 0.29) is 11.8 Å². The van der Waals surface area contributed by atoms with Crippen molar-refractivity contribution in [2.75, 3.05) is 25.6 Å². The van der Waals surface area contributed by atoms with E-state index in [0.717, 1.165) is 11.1 Å². The fourth-order valence-electron chi connectivity index (χ4n) is 3.11. The molecule has 158 valence electrons. The lowest BCUT2D eigenvalue weighted by Gasteiger charge is -2.13. The zero-order chi connectivity index (χ0) is 21.9. The normalized spacial score (nSPS) is 11.1. The zero-order valence-corrected chi connectivity index (χ0v) is 17.5. The summed E-state index contributed by atoms with van der Waals surface area (Å²) in [6.45, 7) is 1.07. The van der Waals surface area contributed by atoms with Gasteiger partial charge >= 0.3 is 0 Å². The standard InChI is InChI=1S/C26H26N2O3/c1-31-18-10-17-27-25(29)22-15-8-9-16-24(22)28-26(30)23(21-13-6-3-7-14-21)19-20-11-4-2-5-12-20/h2-9,11-16,19H,10,17-18H2,1H3,(H,27,29)(H,28,30)/b23-19+. The van der Waals surface area contributed by atoms with Crippen LogP contribution >= 0.6 is 0 Å². The molecule has 0 heterocycles. The predicted molar refractivity (Wildman–Crippen MR) is 125 cm³/mol. The van der Waals surface area contributed by atoms with Gasteiger partial charge in [0.15, 0.2) is 0 Å². The molecule has 0 aliphatic rings. The maximum atomic E-state index is 13.3. The SMILES string of the molecule is COCCCNC(=O)c1ccccc1NC(=O)/C(=C/c1ccccc1)c1ccccc1. The first-order valence-corrected chi connectivity index (χ1v) is 10.2. The topological polar surface area (TPSA) is 67.4 Å². The van der Waals surface area contributed by atoms with Gasteiger partial charge in [-0.1, -0.05) is 72.8 Å². The summed E-state index contributed by atoms with van der Waals surface area (Å²) >= 11 is 0. The smallest absolute Gasteiger partial charge is 0.256 e. The van der Waals surface area contributed by atoms with Gasteiger partial charge < -0.3 is 15.4 Å². The van der Waals surface area contributed by atoms with Crippen LogP contribution in [-0.2, 0) is 9.53 Å². The molecule has 0 fully saturated rings. The molecule has 0 unspecified atom stereocenters. The van der Waals surface area contributed by atoms with Gasteiger partial charge in [-0.2, -0.15) is 0 Å². The summed E-state index contributed by atoms with van der Waals surface area (Å²) in [6, 6.07) is 26.1. The lowest BCUT2D eigenvalue weighted by molar-refractivity contribution is -0.111. The molecular weight excluding hydrogens is 388 g/mol. The van der Waals surface area contributed by atoms with Gasteiger partial charge in [-0.3, -0.25) is 9.59 Å². The summed E-state index contributed by atoms with van der Waals surface area (Å²) in [6.07, 6.45) is 2.56. The molecule has 0 aliphatic carbocycles. The van der Waals surface area contributed by atoms with Crippen LogP contribution in [0.4, 0.5) is 5.69 Å². The number of carbonyl (C=O) groups excluding carboxylic acids is 2. The van der Waals surface area contributed by atoms with Crippen molar-refractivity contribution >= 4 is 29.2 Å². The third-order valence-corrected chi connectivity index (χ3v) is 4.67. The number of amides is 2. The molecule has 3 aromatic rings. The van der Waals surface area contributed by atoms with Crippen molar-refractivity contribution in [3.05, 3.63) is 102 Å². The number of nitrogens with one attached hydrogen (secondary N) is 2. The number of anilines is 1. The molecule has 0 atom stereocenters. The second-order valence-electron chi connectivity index (χ2n) is 6.94. The van der Waals surface area contributed by atoms with E-state index in [1.54, 1.807) is 31.4 Å². The summed E-state index contributed by atoms with van der Waals surface area (Å²) in [5.74, 6) is -0.519. The number of ether oxygens (including phenoxy) is 1. The van der Waals surface area contributed by atoms with Crippen LogP contribution in [0.3, 0.4) is 0 Å². The van der Waals surface area contributed by atoms with Crippen LogP contribution in [0, 0.1) is 0 Å². The predicted octanol–water partition coefficient (Wildman–Crippen LogP) is 4.63. The molecule has 0 aromatic heterocycles. The van der Waals surface area contributed by atoms with Crippen LogP contribution < -0.4 is 10.6 Å². The fraction of sp³-hybridized carbons (Fsp3) is 0.154. The van der Waals surface area contributed by atoms with Gasteiger partial charge in [0.25, 0.3) is 11.8 Å². The summed E-state index contributed by atoms with van der Waals surface area (Å²) < 4.78 is 5.01. The molecule has 0 saturated carbocycles. The van der Waals surface area contributed by atoms with Gasteiger partial charge in [-0.05, 0) is 35.8 Å². The molecule has 2 amide bonds. The number of hydrogen-bond donors (Lipinski definition) is 2. The van der Waals surface area contributed by atoms with E-state index >= 15 is 0 Å². The van der Waals surface area contributed by atoms with Gasteiger partial charge in [-0.15, -0.1) is 0 Å². The Balaban J connectivity index is 1.84. The Hall–Kier alpha value is -3.70. The van der Waals surface area contributed by atoms with Crippen LogP contribution in [0.2, 0.25) is 0 Å². The Kier molecular flexibility index (Phi) is 8.14. The number of rotatable bonds is 9. The largest absolute Gasteiger partial charge is 0.385 e. The average Bonchev–Trinajstić information content (AvgIpc) is 2.81. The highest BCUT2D eigenvalue weighted by molar-refractivity contribution is 6.29. The number of benzene rings is 3. The second kappa shape index (κ2) is 11.5. The first-order valence-electron chi connectivity index (χ1n) is 10.2. The van der Waals surface area contributed by atoms with Crippen LogP contribution in [0.1, 0.15) is 27.9 Å². The molecule has 0 radical (unpaired) electrons. The highest BCUT2D eigenvalue weighted by atomic mass is 16.5. The van der Waals surface area contributed by atoms with E-state index in [0.29, 0.717) is 36.4 Å². The molecule has 31 heavy (non-hydrogen) atoms. The first kappa shape index (κ1) is 22.0. The molecule has 0 spiro atoms. The zero-order valence-electron chi connectivity index (χ0n) is 17.5. The van der Waals surface area contributed by atoms with Gasteiger partial charge in [0, 0.05) is 25.8 Å². The summed E-state index contributed by atoms with van der Waals surface area (Å²) in [5.41, 5.74) is 3.11. The Morgan fingerprint density at radius 1 is 0.871 bits per heavy atom. The second-order valence-corrected chi connectivity index (χ2v) is 6.94. The first-order chi connectivity index (χ1) is 15.2. The molecule has 5 nitrogen and oxygen atoms in total. The van der Waals surface area contributed by atoms with E-state index in [1.165, 1.54) is 0 Å². The van der Waals surface area contributed by atoms with Crippen molar-refractivity contribution in [3.8, 4) is 0 Å². The minimum atomic E-state index is -0.283. The summed E-state index contributed by atoms with van der Waals surface area (Å²) in [7, 11) is 1.62. The molecular formula is C26H26N2O3. The Bertz CT molecular complexity index is 1030. The Morgan fingerprint density at radius 2 is 1.52 bits per heavy atom. The molecule has 2 N–H and O–H groups in total. The minimum absolute atomic E-state index is 0.236. The lowest BCUT2D eigenvalue weighted by Crippen LogP contribution is -2.27. The highest BCUT2D eigenvalue weighted by Crippen LogP contribution is 2.22. The van der Waals surface area contributed by atoms with E-state index in [2.05, 4.69) is 10.6 Å². The average molecular weight is 415 g/mol. The molecule has 0 bridgehead atoms. The number of methoxy groups -OCH3 is 1. The quantitative estimate of drug-likeness (QED) is 0.305. The Morgan fingerprint density at radius 3 is 2.23 bits per heavy atom. The van der Waals surface area contributed by atoms with Crippen LogP contribution in [-0.4, -0.2) is 32.1 Å². The minimum Gasteiger partial charge on any atom is -0.385 e. The van der Waals surface area contributed by atoms with Crippen molar-refractivity contribution in [2.45, 2.75) is 6.42 Å².